The zero-order valence-electron chi connectivity index (χ0n) is 20.2. The van der Waals surface area contributed by atoms with Crippen molar-refractivity contribution in [1.82, 2.24) is 10.2 Å². The minimum Gasteiger partial charge on any atom is -0.479 e. The number of carbonyl (C=O) groups excluding carboxylic acids is 2. The maximum Gasteiger partial charge on any atom is 0.407 e. The van der Waals surface area contributed by atoms with Gasteiger partial charge in [0.05, 0.1) is 0 Å². The lowest BCUT2D eigenvalue weighted by atomic mass is 9.88. The molecule has 0 aromatic heterocycles. The van der Waals surface area contributed by atoms with Gasteiger partial charge >= 0.3 is 12.1 Å². The third-order valence-corrected chi connectivity index (χ3v) is 7.89. The lowest BCUT2D eigenvalue weighted by molar-refractivity contribution is -0.156. The smallest absolute Gasteiger partial charge is 0.407 e. The molecule has 2 aliphatic heterocycles. The summed E-state index contributed by atoms with van der Waals surface area (Å²) in [5.74, 6) is -1.19. The van der Waals surface area contributed by atoms with Gasteiger partial charge in [0.2, 0.25) is 5.91 Å². The number of fused-ring (bicyclic) bond motifs is 5. The molecule has 2 heterocycles. The molecule has 2 saturated heterocycles. The second-order valence-electron chi connectivity index (χ2n) is 10.4. The van der Waals surface area contributed by atoms with Gasteiger partial charge in [0, 0.05) is 12.0 Å². The number of nitrogens with zero attached hydrogens (tertiary/aromatic N) is 1. The maximum atomic E-state index is 13.6. The van der Waals surface area contributed by atoms with Crippen molar-refractivity contribution in [2.24, 2.45) is 5.92 Å². The molecule has 2 aromatic carbocycles. The number of nitrogens with one attached hydrogen (secondary N) is 1. The van der Waals surface area contributed by atoms with Crippen LogP contribution in [0.1, 0.15) is 63.0 Å². The number of aliphatic carboxylic acids is 1. The summed E-state index contributed by atoms with van der Waals surface area (Å²) < 4.78 is 5.67. The van der Waals surface area contributed by atoms with Crippen LogP contribution in [-0.4, -0.2) is 52.2 Å². The van der Waals surface area contributed by atoms with Crippen LogP contribution < -0.4 is 5.32 Å². The van der Waals surface area contributed by atoms with Crippen LogP contribution in [0.5, 0.6) is 0 Å². The van der Waals surface area contributed by atoms with Crippen LogP contribution >= 0.6 is 0 Å². The van der Waals surface area contributed by atoms with E-state index in [0.29, 0.717) is 32.1 Å². The molecule has 2 aromatic rings. The molecule has 5 rings (SSSR count). The Kier molecular flexibility index (Phi) is 6.03. The summed E-state index contributed by atoms with van der Waals surface area (Å²) in [6.45, 7) is 4.12. The van der Waals surface area contributed by atoms with Gasteiger partial charge in [-0.05, 0) is 60.3 Å². The van der Waals surface area contributed by atoms with E-state index in [1.54, 1.807) is 4.90 Å². The minimum absolute atomic E-state index is 0.0717. The number of amides is 2. The first-order valence-electron chi connectivity index (χ1n) is 12.5. The molecule has 2 amide bonds. The summed E-state index contributed by atoms with van der Waals surface area (Å²) >= 11 is 0. The van der Waals surface area contributed by atoms with Crippen LogP contribution in [0.25, 0.3) is 11.1 Å². The van der Waals surface area contributed by atoms with Crippen molar-refractivity contribution in [2.75, 3.05) is 6.61 Å². The summed E-state index contributed by atoms with van der Waals surface area (Å²) in [6, 6.07) is 15.4. The molecule has 7 nitrogen and oxygen atoms in total. The van der Waals surface area contributed by atoms with Crippen LogP contribution in [0.2, 0.25) is 0 Å². The largest absolute Gasteiger partial charge is 0.479 e. The SMILES string of the molecule is CC(C)C[C@H](NC(=O)OCC1c2ccccc2-c2ccccc21)C(=O)N1C2CCC1(C(=O)O)CC2. The van der Waals surface area contributed by atoms with Gasteiger partial charge in [-0.25, -0.2) is 9.59 Å². The van der Waals surface area contributed by atoms with E-state index in [2.05, 4.69) is 29.6 Å². The lowest BCUT2D eigenvalue weighted by Gasteiger charge is -2.34. The highest BCUT2D eigenvalue weighted by molar-refractivity contribution is 5.93. The van der Waals surface area contributed by atoms with E-state index >= 15 is 0 Å². The normalized spacial score (nSPS) is 23.2. The van der Waals surface area contributed by atoms with Gasteiger partial charge < -0.3 is 20.1 Å². The Morgan fingerprint density at radius 2 is 1.60 bits per heavy atom. The Morgan fingerprint density at radius 3 is 2.14 bits per heavy atom. The van der Waals surface area contributed by atoms with Crippen molar-refractivity contribution in [3.8, 4) is 11.1 Å². The molecule has 0 saturated carbocycles. The third kappa shape index (κ3) is 3.97. The van der Waals surface area contributed by atoms with E-state index in [4.69, 9.17) is 4.74 Å². The molecule has 35 heavy (non-hydrogen) atoms. The fourth-order valence-electron chi connectivity index (χ4n) is 6.28. The second-order valence-corrected chi connectivity index (χ2v) is 10.4. The molecule has 2 bridgehead atoms. The van der Waals surface area contributed by atoms with E-state index < -0.39 is 23.6 Å². The molecule has 0 unspecified atom stereocenters. The Hall–Kier alpha value is -3.35. The molecule has 2 N–H and O–H groups in total. The Labute approximate surface area is 205 Å². The van der Waals surface area contributed by atoms with E-state index in [1.165, 1.54) is 0 Å². The van der Waals surface area contributed by atoms with Crippen molar-refractivity contribution in [3.63, 3.8) is 0 Å². The number of hydrogen-bond acceptors (Lipinski definition) is 4. The highest BCUT2D eigenvalue weighted by Crippen LogP contribution is 2.47. The standard InChI is InChI=1S/C28H32N2O5/c1-17(2)15-24(25(31)30-18-11-13-28(30,14-12-18)26(32)33)29-27(34)35-16-23-21-9-5-3-7-19(21)20-8-4-6-10-22(20)23/h3-10,17-18,23-24H,11-16H2,1-2H3,(H,29,34)(H,32,33)/t18?,24-,28?/m0/s1. The number of ether oxygens (including phenoxy) is 1. The fourth-order valence-corrected chi connectivity index (χ4v) is 6.28. The quantitative estimate of drug-likeness (QED) is 0.611. The van der Waals surface area contributed by atoms with Gasteiger partial charge in [0.25, 0.3) is 0 Å². The molecule has 184 valence electrons. The predicted octanol–water partition coefficient (Wildman–Crippen LogP) is 4.55. The Balaban J connectivity index is 1.30. The number of carbonyl (C=O) groups is 3. The van der Waals surface area contributed by atoms with E-state index in [9.17, 15) is 19.5 Å². The van der Waals surface area contributed by atoms with Gasteiger partial charge in [-0.15, -0.1) is 0 Å². The molecule has 1 atom stereocenters. The molecule has 0 radical (unpaired) electrons. The number of hydrogen-bond donors (Lipinski definition) is 2. The monoisotopic (exact) mass is 476 g/mol. The summed E-state index contributed by atoms with van der Waals surface area (Å²) in [5, 5.41) is 12.7. The summed E-state index contributed by atoms with van der Waals surface area (Å²) in [4.78, 5) is 40.1. The fraction of sp³-hybridized carbons (Fsp3) is 0.464. The highest BCUT2D eigenvalue weighted by atomic mass is 16.5. The summed E-state index contributed by atoms with van der Waals surface area (Å²) in [5.41, 5.74) is 3.39. The van der Waals surface area contributed by atoms with E-state index in [1.807, 2.05) is 38.1 Å². The summed E-state index contributed by atoms with van der Waals surface area (Å²) in [6.07, 6.45) is 2.09. The number of carboxylic acids is 1. The van der Waals surface area contributed by atoms with E-state index in [0.717, 1.165) is 22.3 Å². The number of carboxylic acid groups (broad SMARTS) is 1. The van der Waals surface area contributed by atoms with Crippen molar-refractivity contribution in [1.29, 1.82) is 0 Å². The van der Waals surface area contributed by atoms with Gasteiger partial charge in [0.1, 0.15) is 18.2 Å². The van der Waals surface area contributed by atoms with Gasteiger partial charge in [-0.2, -0.15) is 0 Å². The second kappa shape index (κ2) is 9.02. The van der Waals surface area contributed by atoms with Crippen LogP contribution in [0.15, 0.2) is 48.5 Å². The van der Waals surface area contributed by atoms with Gasteiger partial charge in [-0.3, -0.25) is 4.79 Å². The summed E-state index contributed by atoms with van der Waals surface area (Å²) in [7, 11) is 0. The van der Waals surface area contributed by atoms with Crippen LogP contribution in [0.4, 0.5) is 4.79 Å². The van der Waals surface area contributed by atoms with Crippen molar-refractivity contribution < 1.29 is 24.2 Å². The van der Waals surface area contributed by atoms with Crippen LogP contribution in [-0.2, 0) is 14.3 Å². The van der Waals surface area contributed by atoms with Crippen molar-refractivity contribution >= 4 is 18.0 Å². The van der Waals surface area contributed by atoms with Gasteiger partial charge in [0.15, 0.2) is 0 Å². The van der Waals surface area contributed by atoms with Crippen LogP contribution in [0, 0.1) is 5.92 Å². The average molecular weight is 477 g/mol. The maximum absolute atomic E-state index is 13.6. The average Bonchev–Trinajstić information content (AvgIpc) is 3.50. The zero-order valence-corrected chi connectivity index (χ0v) is 20.2. The zero-order chi connectivity index (χ0) is 24.7. The Bertz CT molecular complexity index is 1110. The van der Waals surface area contributed by atoms with Gasteiger partial charge in [-0.1, -0.05) is 62.4 Å². The molecule has 1 aliphatic carbocycles. The Morgan fingerprint density at radius 1 is 1.03 bits per heavy atom. The first-order valence-corrected chi connectivity index (χ1v) is 12.5. The highest BCUT2D eigenvalue weighted by Gasteiger charge is 2.59. The minimum atomic E-state index is -1.14. The van der Waals surface area contributed by atoms with Crippen molar-refractivity contribution in [2.45, 2.75) is 69.5 Å². The number of benzene rings is 2. The first kappa shape index (κ1) is 23.4. The lowest BCUT2D eigenvalue weighted by Crippen LogP contribution is -2.57. The number of rotatable bonds is 7. The van der Waals surface area contributed by atoms with E-state index in [-0.39, 0.29) is 30.4 Å². The molecule has 7 heteroatoms. The first-order chi connectivity index (χ1) is 16.8. The van der Waals surface area contributed by atoms with Crippen molar-refractivity contribution in [3.05, 3.63) is 59.7 Å². The predicted molar refractivity (Wildman–Crippen MR) is 131 cm³/mol. The number of alkyl carbamates (subject to hydrolysis) is 1. The molecule has 2 fully saturated rings. The molecular formula is C28H32N2O5. The molecule has 0 spiro atoms. The van der Waals surface area contributed by atoms with Crippen LogP contribution in [0.3, 0.4) is 0 Å². The topological polar surface area (TPSA) is 95.9 Å². The molecular weight excluding hydrogens is 444 g/mol. The molecule has 3 aliphatic rings. The third-order valence-electron chi connectivity index (χ3n) is 7.89.